The van der Waals surface area contributed by atoms with Crippen molar-refractivity contribution >= 4 is 28.5 Å². The lowest BCUT2D eigenvalue weighted by Gasteiger charge is -2.03. The van der Waals surface area contributed by atoms with Crippen molar-refractivity contribution in [1.82, 2.24) is 9.55 Å². The highest BCUT2D eigenvalue weighted by molar-refractivity contribution is 7.80. The average Bonchev–Trinajstić information content (AvgIpc) is 2.70. The third kappa shape index (κ3) is 1.83. The SMILES string of the molecule is NC(=S)Cn1ccnc1-c1cccs1. The van der Waals surface area contributed by atoms with E-state index in [2.05, 4.69) is 4.98 Å². The van der Waals surface area contributed by atoms with Gasteiger partial charge in [-0.25, -0.2) is 4.98 Å². The molecule has 2 N–H and O–H groups in total. The Morgan fingerprint density at radius 2 is 2.50 bits per heavy atom. The number of aromatic nitrogens is 2. The molecule has 0 aliphatic heterocycles. The minimum absolute atomic E-state index is 0.473. The van der Waals surface area contributed by atoms with E-state index in [4.69, 9.17) is 18.0 Å². The zero-order valence-electron chi connectivity index (χ0n) is 7.38. The first-order chi connectivity index (χ1) is 6.77. The topological polar surface area (TPSA) is 43.8 Å². The first-order valence-electron chi connectivity index (χ1n) is 4.10. The number of nitrogens with zero attached hydrogens (tertiary/aromatic N) is 2. The van der Waals surface area contributed by atoms with E-state index >= 15 is 0 Å². The van der Waals surface area contributed by atoms with Crippen LogP contribution in [0.25, 0.3) is 10.7 Å². The Morgan fingerprint density at radius 3 is 3.14 bits per heavy atom. The Balaban J connectivity index is 2.35. The quantitative estimate of drug-likeness (QED) is 0.808. The van der Waals surface area contributed by atoms with E-state index in [1.165, 1.54) is 0 Å². The molecule has 72 valence electrons. The van der Waals surface area contributed by atoms with Gasteiger partial charge in [0.15, 0.2) is 0 Å². The van der Waals surface area contributed by atoms with E-state index < -0.39 is 0 Å². The predicted molar refractivity (Wildman–Crippen MR) is 62.3 cm³/mol. The summed E-state index contributed by atoms with van der Waals surface area (Å²) in [7, 11) is 0. The monoisotopic (exact) mass is 223 g/mol. The fourth-order valence-electron chi connectivity index (χ4n) is 1.24. The molecule has 5 heteroatoms. The lowest BCUT2D eigenvalue weighted by atomic mass is 10.4. The minimum Gasteiger partial charge on any atom is -0.392 e. The van der Waals surface area contributed by atoms with Gasteiger partial charge >= 0.3 is 0 Å². The van der Waals surface area contributed by atoms with Gasteiger partial charge in [0.05, 0.1) is 16.4 Å². The molecule has 0 fully saturated rings. The summed E-state index contributed by atoms with van der Waals surface area (Å²) in [6, 6.07) is 4.03. The molecule has 2 heterocycles. The van der Waals surface area contributed by atoms with E-state index in [-0.39, 0.29) is 0 Å². The van der Waals surface area contributed by atoms with E-state index in [0.717, 1.165) is 10.7 Å². The van der Waals surface area contributed by atoms with Crippen molar-refractivity contribution in [2.75, 3.05) is 0 Å². The van der Waals surface area contributed by atoms with E-state index in [0.29, 0.717) is 11.5 Å². The van der Waals surface area contributed by atoms with Crippen LogP contribution >= 0.6 is 23.6 Å². The number of hydrogen-bond donors (Lipinski definition) is 1. The minimum atomic E-state index is 0.473. The fourth-order valence-corrected chi connectivity index (χ4v) is 2.11. The van der Waals surface area contributed by atoms with Gasteiger partial charge < -0.3 is 10.3 Å². The van der Waals surface area contributed by atoms with Crippen LogP contribution in [0, 0.1) is 0 Å². The lowest BCUT2D eigenvalue weighted by Crippen LogP contribution is -2.16. The maximum atomic E-state index is 5.49. The summed E-state index contributed by atoms with van der Waals surface area (Å²) >= 11 is 6.52. The molecule has 0 radical (unpaired) electrons. The molecule has 0 aliphatic carbocycles. The summed E-state index contributed by atoms with van der Waals surface area (Å²) < 4.78 is 1.95. The van der Waals surface area contributed by atoms with Crippen molar-refractivity contribution in [1.29, 1.82) is 0 Å². The summed E-state index contributed by atoms with van der Waals surface area (Å²) in [6.45, 7) is 0.544. The van der Waals surface area contributed by atoms with Crippen molar-refractivity contribution < 1.29 is 0 Å². The molecule has 0 aliphatic rings. The smallest absolute Gasteiger partial charge is 0.150 e. The summed E-state index contributed by atoms with van der Waals surface area (Å²) in [5, 5.41) is 2.02. The third-order valence-electron chi connectivity index (χ3n) is 1.78. The van der Waals surface area contributed by atoms with Crippen LogP contribution in [-0.2, 0) is 6.54 Å². The zero-order chi connectivity index (χ0) is 9.97. The standard InChI is InChI=1S/C9H9N3S2/c10-8(13)6-12-4-3-11-9(12)7-2-1-5-14-7/h1-5H,6H2,(H2,10,13). The molecule has 0 saturated carbocycles. The Kier molecular flexibility index (Phi) is 2.60. The summed E-state index contributed by atoms with van der Waals surface area (Å²) in [5.41, 5.74) is 5.49. The largest absolute Gasteiger partial charge is 0.392 e. The number of nitrogens with two attached hydrogens (primary N) is 1. The van der Waals surface area contributed by atoms with E-state index in [9.17, 15) is 0 Å². The molecule has 2 aromatic heterocycles. The molecule has 2 rings (SSSR count). The van der Waals surface area contributed by atoms with Gasteiger partial charge in [-0.3, -0.25) is 0 Å². The van der Waals surface area contributed by atoms with Gasteiger partial charge in [0.1, 0.15) is 5.82 Å². The van der Waals surface area contributed by atoms with Crippen LogP contribution in [0.15, 0.2) is 29.9 Å². The number of thiophene rings is 1. The molecule has 0 aromatic carbocycles. The van der Waals surface area contributed by atoms with E-state index in [1.807, 2.05) is 28.3 Å². The van der Waals surface area contributed by atoms with Crippen LogP contribution in [0.1, 0.15) is 0 Å². The predicted octanol–water partition coefficient (Wildman–Crippen LogP) is 1.90. The second-order valence-electron chi connectivity index (χ2n) is 2.82. The van der Waals surface area contributed by atoms with Crippen molar-refractivity contribution in [3.05, 3.63) is 29.9 Å². The number of rotatable bonds is 3. The highest BCUT2D eigenvalue weighted by Gasteiger charge is 2.06. The van der Waals surface area contributed by atoms with E-state index in [1.54, 1.807) is 17.5 Å². The molecule has 0 bridgehead atoms. The van der Waals surface area contributed by atoms with Crippen LogP contribution < -0.4 is 5.73 Å². The van der Waals surface area contributed by atoms with Gasteiger partial charge in [-0.1, -0.05) is 18.3 Å². The third-order valence-corrected chi connectivity index (χ3v) is 2.78. The van der Waals surface area contributed by atoms with Crippen LogP contribution in [-0.4, -0.2) is 14.5 Å². The highest BCUT2D eigenvalue weighted by atomic mass is 32.1. The molecular weight excluding hydrogens is 214 g/mol. The van der Waals surface area contributed by atoms with Gasteiger partial charge in [0.2, 0.25) is 0 Å². The Bertz CT molecular complexity index is 431. The van der Waals surface area contributed by atoms with Crippen LogP contribution in [0.3, 0.4) is 0 Å². The molecule has 0 spiro atoms. The van der Waals surface area contributed by atoms with Gasteiger partial charge in [-0.15, -0.1) is 11.3 Å². The number of imidazole rings is 1. The number of hydrogen-bond acceptors (Lipinski definition) is 3. The maximum Gasteiger partial charge on any atom is 0.150 e. The second kappa shape index (κ2) is 3.89. The molecule has 2 aromatic rings. The van der Waals surface area contributed by atoms with Crippen LogP contribution in [0.4, 0.5) is 0 Å². The highest BCUT2D eigenvalue weighted by Crippen LogP contribution is 2.22. The first-order valence-corrected chi connectivity index (χ1v) is 5.39. The van der Waals surface area contributed by atoms with Gasteiger partial charge in [0.25, 0.3) is 0 Å². The first kappa shape index (κ1) is 9.36. The number of thiocarbonyl (C=S) groups is 1. The average molecular weight is 223 g/mol. The van der Waals surface area contributed by atoms with Crippen molar-refractivity contribution in [2.24, 2.45) is 5.73 Å². The molecule has 14 heavy (non-hydrogen) atoms. The van der Waals surface area contributed by atoms with Crippen molar-refractivity contribution in [3.63, 3.8) is 0 Å². The molecular formula is C9H9N3S2. The molecule has 0 unspecified atom stereocenters. The molecule has 0 saturated heterocycles. The van der Waals surface area contributed by atoms with Crippen molar-refractivity contribution in [2.45, 2.75) is 6.54 Å². The maximum absolute atomic E-state index is 5.49. The Hall–Kier alpha value is -1.20. The fraction of sp³-hybridized carbons (Fsp3) is 0.111. The summed E-state index contributed by atoms with van der Waals surface area (Å²) in [5.74, 6) is 0.924. The molecule has 0 atom stereocenters. The Morgan fingerprint density at radius 1 is 1.64 bits per heavy atom. The van der Waals surface area contributed by atoms with Gasteiger partial charge in [-0.05, 0) is 11.4 Å². The van der Waals surface area contributed by atoms with Crippen molar-refractivity contribution in [3.8, 4) is 10.7 Å². The van der Waals surface area contributed by atoms with Crippen LogP contribution in [0.5, 0.6) is 0 Å². The summed E-state index contributed by atoms with van der Waals surface area (Å²) in [4.78, 5) is 5.87. The zero-order valence-corrected chi connectivity index (χ0v) is 9.02. The Labute approximate surface area is 91.2 Å². The van der Waals surface area contributed by atoms with Gasteiger partial charge in [0, 0.05) is 12.4 Å². The lowest BCUT2D eigenvalue weighted by molar-refractivity contribution is 0.866. The van der Waals surface area contributed by atoms with Gasteiger partial charge in [-0.2, -0.15) is 0 Å². The summed E-state index contributed by atoms with van der Waals surface area (Å²) in [6.07, 6.45) is 3.64. The molecule has 0 amide bonds. The second-order valence-corrected chi connectivity index (χ2v) is 4.29. The van der Waals surface area contributed by atoms with Crippen LogP contribution in [0.2, 0.25) is 0 Å². The molecule has 3 nitrogen and oxygen atoms in total. The normalized spacial score (nSPS) is 10.3.